The van der Waals surface area contributed by atoms with Gasteiger partial charge in [-0.1, -0.05) is 54.1 Å². The number of nitrogens with one attached hydrogen (secondary N) is 1. The monoisotopic (exact) mass is 419 g/mol. The van der Waals surface area contributed by atoms with E-state index in [9.17, 15) is 14.7 Å². The zero-order chi connectivity index (χ0) is 19.4. The number of aromatic carboxylic acids is 1. The first kappa shape index (κ1) is 19.4. The van der Waals surface area contributed by atoms with Crippen LogP contribution in [0.3, 0.4) is 0 Å². The standard InChI is InChI=1S/C20H15Cl2NO3S/c21-14-8-6-13(7-9-14)15-11-27-19(17(15)20(25)26)23-18(24)16(22)10-12-4-2-1-3-5-12/h1-9,11,16H,10H2,(H,23,24)(H,25,26). The van der Waals surface area contributed by atoms with Gasteiger partial charge in [0.25, 0.3) is 0 Å². The van der Waals surface area contributed by atoms with Crippen molar-refractivity contribution in [1.29, 1.82) is 0 Å². The summed E-state index contributed by atoms with van der Waals surface area (Å²) in [5, 5.41) is 14.0. The molecule has 0 aliphatic carbocycles. The highest BCUT2D eigenvalue weighted by atomic mass is 35.5. The van der Waals surface area contributed by atoms with Crippen LogP contribution in [0.4, 0.5) is 5.00 Å². The number of halogens is 2. The van der Waals surface area contributed by atoms with Crippen molar-refractivity contribution in [2.75, 3.05) is 5.32 Å². The number of alkyl halides is 1. The summed E-state index contributed by atoms with van der Waals surface area (Å²) < 4.78 is 0. The van der Waals surface area contributed by atoms with Crippen molar-refractivity contribution in [2.24, 2.45) is 0 Å². The average Bonchev–Trinajstić information content (AvgIpc) is 3.07. The van der Waals surface area contributed by atoms with Gasteiger partial charge in [-0.15, -0.1) is 22.9 Å². The second-order valence-corrected chi connectivity index (χ2v) is 7.65. The molecule has 1 atom stereocenters. The Labute approximate surface area is 170 Å². The molecule has 0 saturated carbocycles. The zero-order valence-corrected chi connectivity index (χ0v) is 16.3. The van der Waals surface area contributed by atoms with Crippen LogP contribution in [0.25, 0.3) is 11.1 Å². The maximum Gasteiger partial charge on any atom is 0.339 e. The Hall–Kier alpha value is -2.34. The highest BCUT2D eigenvalue weighted by molar-refractivity contribution is 7.15. The predicted molar refractivity (Wildman–Crippen MR) is 110 cm³/mol. The summed E-state index contributed by atoms with van der Waals surface area (Å²) in [6, 6.07) is 16.2. The number of hydrogen-bond acceptors (Lipinski definition) is 3. The largest absolute Gasteiger partial charge is 0.478 e. The number of carboxylic acid groups (broad SMARTS) is 1. The number of carbonyl (C=O) groups excluding carboxylic acids is 1. The van der Waals surface area contributed by atoms with Crippen LogP contribution in [0.1, 0.15) is 15.9 Å². The second-order valence-electron chi connectivity index (χ2n) is 5.81. The highest BCUT2D eigenvalue weighted by Crippen LogP contribution is 2.36. The fraction of sp³-hybridized carbons (Fsp3) is 0.100. The van der Waals surface area contributed by atoms with Gasteiger partial charge in [-0.05, 0) is 29.7 Å². The van der Waals surface area contributed by atoms with Crippen LogP contribution in [0.15, 0.2) is 60.0 Å². The minimum atomic E-state index is -1.12. The van der Waals surface area contributed by atoms with Crippen LogP contribution in [-0.4, -0.2) is 22.4 Å². The molecule has 0 spiro atoms. The van der Waals surface area contributed by atoms with Crippen molar-refractivity contribution in [3.63, 3.8) is 0 Å². The Morgan fingerprint density at radius 1 is 1.07 bits per heavy atom. The highest BCUT2D eigenvalue weighted by Gasteiger charge is 2.23. The summed E-state index contributed by atoms with van der Waals surface area (Å²) >= 11 is 13.3. The van der Waals surface area contributed by atoms with Crippen molar-refractivity contribution in [2.45, 2.75) is 11.8 Å². The van der Waals surface area contributed by atoms with E-state index in [1.165, 1.54) is 0 Å². The third kappa shape index (κ3) is 4.69. The van der Waals surface area contributed by atoms with E-state index in [-0.39, 0.29) is 10.6 Å². The van der Waals surface area contributed by atoms with Crippen molar-refractivity contribution in [1.82, 2.24) is 0 Å². The average molecular weight is 420 g/mol. The van der Waals surface area contributed by atoms with Crippen LogP contribution >= 0.6 is 34.5 Å². The molecule has 1 aromatic heterocycles. The maximum atomic E-state index is 12.4. The van der Waals surface area contributed by atoms with Crippen LogP contribution in [0.2, 0.25) is 5.02 Å². The number of rotatable bonds is 6. The molecule has 4 nitrogen and oxygen atoms in total. The Bertz CT molecular complexity index is 955. The Morgan fingerprint density at radius 2 is 1.74 bits per heavy atom. The Kier molecular flexibility index (Phi) is 6.16. The first-order valence-electron chi connectivity index (χ1n) is 8.05. The number of carboxylic acids is 1. The molecule has 0 aliphatic rings. The Morgan fingerprint density at radius 3 is 2.37 bits per heavy atom. The zero-order valence-electron chi connectivity index (χ0n) is 14.0. The summed E-state index contributed by atoms with van der Waals surface area (Å²) in [4.78, 5) is 24.2. The van der Waals surface area contributed by atoms with Gasteiger partial charge < -0.3 is 10.4 Å². The second kappa shape index (κ2) is 8.57. The number of carbonyl (C=O) groups is 2. The summed E-state index contributed by atoms with van der Waals surface area (Å²) in [5.74, 6) is -1.56. The van der Waals surface area contributed by atoms with Crippen molar-refractivity contribution >= 4 is 51.4 Å². The Balaban J connectivity index is 1.81. The first-order valence-corrected chi connectivity index (χ1v) is 9.74. The van der Waals surface area contributed by atoms with Gasteiger partial charge in [0.2, 0.25) is 5.91 Å². The van der Waals surface area contributed by atoms with Crippen LogP contribution < -0.4 is 5.32 Å². The molecule has 0 bridgehead atoms. The smallest absolute Gasteiger partial charge is 0.339 e. The van der Waals surface area contributed by atoms with Gasteiger partial charge in [-0.3, -0.25) is 4.79 Å². The van der Waals surface area contributed by atoms with Gasteiger partial charge in [0, 0.05) is 16.0 Å². The quantitative estimate of drug-likeness (QED) is 0.514. The first-order chi connectivity index (χ1) is 13.0. The van der Waals surface area contributed by atoms with E-state index in [4.69, 9.17) is 23.2 Å². The molecule has 1 heterocycles. The molecule has 7 heteroatoms. The van der Waals surface area contributed by atoms with Crippen LogP contribution in [0, 0.1) is 0 Å². The number of thiophene rings is 1. The molecule has 2 N–H and O–H groups in total. The lowest BCUT2D eigenvalue weighted by Crippen LogP contribution is -2.25. The fourth-order valence-electron chi connectivity index (χ4n) is 2.61. The normalized spacial score (nSPS) is 11.8. The summed E-state index contributed by atoms with van der Waals surface area (Å²) in [5.41, 5.74) is 2.20. The van der Waals surface area contributed by atoms with Crippen molar-refractivity contribution in [3.05, 3.63) is 76.1 Å². The third-order valence-corrected chi connectivity index (χ3v) is 5.44. The third-order valence-electron chi connectivity index (χ3n) is 3.94. The molecule has 27 heavy (non-hydrogen) atoms. The van der Waals surface area contributed by atoms with Crippen LogP contribution in [0.5, 0.6) is 0 Å². The van der Waals surface area contributed by atoms with Gasteiger partial charge in [0.1, 0.15) is 15.9 Å². The van der Waals surface area contributed by atoms with E-state index < -0.39 is 17.3 Å². The molecule has 0 aliphatic heterocycles. The molecule has 0 fully saturated rings. The lowest BCUT2D eigenvalue weighted by Gasteiger charge is -2.11. The van der Waals surface area contributed by atoms with E-state index in [0.717, 1.165) is 16.9 Å². The lowest BCUT2D eigenvalue weighted by atomic mass is 10.0. The molecule has 2 aromatic carbocycles. The number of hydrogen-bond donors (Lipinski definition) is 2. The predicted octanol–water partition coefficient (Wildman–Crippen LogP) is 5.56. The van der Waals surface area contributed by atoms with E-state index in [1.807, 2.05) is 30.3 Å². The van der Waals surface area contributed by atoms with E-state index >= 15 is 0 Å². The van der Waals surface area contributed by atoms with Crippen molar-refractivity contribution in [3.8, 4) is 11.1 Å². The number of benzene rings is 2. The summed E-state index contributed by atoms with van der Waals surface area (Å²) in [7, 11) is 0. The molecular weight excluding hydrogens is 405 g/mol. The lowest BCUT2D eigenvalue weighted by molar-refractivity contribution is -0.115. The molecule has 3 aromatic rings. The topological polar surface area (TPSA) is 66.4 Å². The molecule has 0 radical (unpaired) electrons. The molecule has 0 saturated heterocycles. The fourth-order valence-corrected chi connectivity index (χ4v) is 3.93. The van der Waals surface area contributed by atoms with Gasteiger partial charge in [0.05, 0.1) is 0 Å². The van der Waals surface area contributed by atoms with Gasteiger partial charge >= 0.3 is 5.97 Å². The van der Waals surface area contributed by atoms with E-state index in [2.05, 4.69) is 5.32 Å². The molecule has 1 unspecified atom stereocenters. The van der Waals surface area contributed by atoms with Gasteiger partial charge in [-0.2, -0.15) is 0 Å². The molecule has 138 valence electrons. The minimum absolute atomic E-state index is 0.0410. The minimum Gasteiger partial charge on any atom is -0.478 e. The SMILES string of the molecule is O=C(O)c1c(-c2ccc(Cl)cc2)csc1NC(=O)C(Cl)Cc1ccccc1. The van der Waals surface area contributed by atoms with Crippen molar-refractivity contribution < 1.29 is 14.7 Å². The van der Waals surface area contributed by atoms with Crippen LogP contribution in [-0.2, 0) is 11.2 Å². The molecular formula is C20H15Cl2NO3S. The molecule has 1 amide bonds. The molecule has 3 rings (SSSR count). The van der Waals surface area contributed by atoms with E-state index in [1.54, 1.807) is 29.6 Å². The van der Waals surface area contributed by atoms with Gasteiger partial charge in [-0.25, -0.2) is 4.79 Å². The number of anilines is 1. The maximum absolute atomic E-state index is 12.4. The summed E-state index contributed by atoms with van der Waals surface area (Å²) in [6.07, 6.45) is 0.353. The summed E-state index contributed by atoms with van der Waals surface area (Å²) in [6.45, 7) is 0. The van der Waals surface area contributed by atoms with Gasteiger partial charge in [0.15, 0.2) is 0 Å². The number of amides is 1. The van der Waals surface area contributed by atoms with E-state index in [0.29, 0.717) is 22.6 Å².